The number of hydrogen-bond donors (Lipinski definition) is 1. The molecule has 0 saturated carbocycles. The second-order valence-corrected chi connectivity index (χ2v) is 5.67. The minimum Gasteiger partial charge on any atom is -0.378 e. The summed E-state index contributed by atoms with van der Waals surface area (Å²) in [6.07, 6.45) is 3.04. The first-order valence-corrected chi connectivity index (χ1v) is 6.96. The Morgan fingerprint density at radius 1 is 1.26 bits per heavy atom. The zero-order valence-corrected chi connectivity index (χ0v) is 11.8. The number of hydrogen-bond acceptors (Lipinski definition) is 2. The molecule has 1 aliphatic heterocycles. The molecule has 2 nitrogen and oxygen atoms in total. The second-order valence-electron chi connectivity index (χ2n) is 5.67. The Morgan fingerprint density at radius 3 is 2.84 bits per heavy atom. The molecule has 0 aliphatic carbocycles. The molecule has 1 aliphatic rings. The Morgan fingerprint density at radius 2 is 2.05 bits per heavy atom. The number of pyridine rings is 1. The van der Waals surface area contributed by atoms with Crippen molar-refractivity contribution < 1.29 is 0 Å². The zero-order chi connectivity index (χ0) is 13.4. The van der Waals surface area contributed by atoms with Crippen LogP contribution in [-0.4, -0.2) is 4.98 Å². The van der Waals surface area contributed by atoms with Crippen LogP contribution in [-0.2, 0) is 6.42 Å². The Bertz CT molecular complexity index is 602. The van der Waals surface area contributed by atoms with Crippen molar-refractivity contribution in [3.05, 3.63) is 58.9 Å². The Labute approximate surface area is 114 Å². The molecule has 19 heavy (non-hydrogen) atoms. The fraction of sp³-hybridized carbons (Fsp3) is 0.353. The van der Waals surface area contributed by atoms with E-state index in [-0.39, 0.29) is 0 Å². The number of aromatic nitrogens is 1. The van der Waals surface area contributed by atoms with Crippen LogP contribution in [0.2, 0.25) is 0 Å². The first kappa shape index (κ1) is 12.2. The SMILES string of the molecule is Cc1cc2c(cn1)CC(c1ccccc1C(C)C)N2. The summed E-state index contributed by atoms with van der Waals surface area (Å²) in [6.45, 7) is 6.55. The lowest BCUT2D eigenvalue weighted by Crippen LogP contribution is -2.09. The summed E-state index contributed by atoms with van der Waals surface area (Å²) >= 11 is 0. The van der Waals surface area contributed by atoms with Crippen LogP contribution in [0.5, 0.6) is 0 Å². The highest BCUT2D eigenvalue weighted by Crippen LogP contribution is 2.36. The van der Waals surface area contributed by atoms with E-state index in [9.17, 15) is 0 Å². The van der Waals surface area contributed by atoms with Gasteiger partial charge in [-0.3, -0.25) is 4.98 Å². The van der Waals surface area contributed by atoms with E-state index in [1.54, 1.807) is 0 Å². The van der Waals surface area contributed by atoms with Gasteiger partial charge in [-0.2, -0.15) is 0 Å². The normalized spacial score (nSPS) is 17.4. The van der Waals surface area contributed by atoms with Gasteiger partial charge in [-0.15, -0.1) is 0 Å². The van der Waals surface area contributed by atoms with Crippen molar-refractivity contribution >= 4 is 5.69 Å². The molecule has 0 bridgehead atoms. The van der Waals surface area contributed by atoms with E-state index in [0.717, 1.165) is 12.1 Å². The summed E-state index contributed by atoms with van der Waals surface area (Å²) < 4.78 is 0. The summed E-state index contributed by atoms with van der Waals surface area (Å²) in [5.41, 5.74) is 6.51. The van der Waals surface area contributed by atoms with Crippen molar-refractivity contribution in [3.8, 4) is 0 Å². The fourth-order valence-electron chi connectivity index (χ4n) is 2.89. The van der Waals surface area contributed by atoms with E-state index < -0.39 is 0 Å². The van der Waals surface area contributed by atoms with Crippen LogP contribution >= 0.6 is 0 Å². The fourth-order valence-corrected chi connectivity index (χ4v) is 2.89. The smallest absolute Gasteiger partial charge is 0.0558 e. The average Bonchev–Trinajstić information content (AvgIpc) is 2.81. The third-order valence-corrected chi connectivity index (χ3v) is 3.87. The van der Waals surface area contributed by atoms with Gasteiger partial charge in [0.25, 0.3) is 0 Å². The molecular weight excluding hydrogens is 232 g/mol. The highest BCUT2D eigenvalue weighted by molar-refractivity contribution is 5.58. The number of anilines is 1. The molecule has 0 radical (unpaired) electrons. The number of nitrogens with one attached hydrogen (secondary N) is 1. The number of nitrogens with zero attached hydrogens (tertiary/aromatic N) is 1. The molecule has 0 spiro atoms. The summed E-state index contributed by atoms with van der Waals surface area (Å²) in [4.78, 5) is 4.40. The first-order valence-electron chi connectivity index (χ1n) is 6.96. The molecule has 0 fully saturated rings. The minimum atomic E-state index is 0.386. The number of fused-ring (bicyclic) bond motifs is 1. The predicted octanol–water partition coefficient (Wildman–Crippen LogP) is 4.22. The lowest BCUT2D eigenvalue weighted by Gasteiger charge is -2.18. The van der Waals surface area contributed by atoms with Gasteiger partial charge >= 0.3 is 0 Å². The van der Waals surface area contributed by atoms with Gasteiger partial charge in [-0.25, -0.2) is 0 Å². The van der Waals surface area contributed by atoms with Crippen LogP contribution in [0.25, 0.3) is 0 Å². The van der Waals surface area contributed by atoms with Gasteiger partial charge in [0, 0.05) is 24.0 Å². The third kappa shape index (κ3) is 2.23. The van der Waals surface area contributed by atoms with Crippen LogP contribution < -0.4 is 5.32 Å². The quantitative estimate of drug-likeness (QED) is 0.865. The van der Waals surface area contributed by atoms with Crippen LogP contribution in [0.4, 0.5) is 5.69 Å². The summed E-state index contributed by atoms with van der Waals surface area (Å²) in [5, 5.41) is 3.65. The Balaban J connectivity index is 1.95. The van der Waals surface area contributed by atoms with E-state index >= 15 is 0 Å². The van der Waals surface area contributed by atoms with Gasteiger partial charge in [0.1, 0.15) is 0 Å². The first-order chi connectivity index (χ1) is 9.15. The van der Waals surface area contributed by atoms with E-state index in [2.05, 4.69) is 54.5 Å². The van der Waals surface area contributed by atoms with E-state index in [1.807, 2.05) is 13.1 Å². The second kappa shape index (κ2) is 4.69. The van der Waals surface area contributed by atoms with Crippen LogP contribution in [0.15, 0.2) is 36.5 Å². The van der Waals surface area contributed by atoms with Crippen LogP contribution in [0.3, 0.4) is 0 Å². The maximum Gasteiger partial charge on any atom is 0.0558 e. The molecule has 2 aromatic rings. The third-order valence-electron chi connectivity index (χ3n) is 3.87. The van der Waals surface area contributed by atoms with Crippen molar-refractivity contribution in [3.63, 3.8) is 0 Å². The van der Waals surface area contributed by atoms with Gasteiger partial charge < -0.3 is 5.32 Å². The van der Waals surface area contributed by atoms with Gasteiger partial charge in [0.2, 0.25) is 0 Å². The minimum absolute atomic E-state index is 0.386. The summed E-state index contributed by atoms with van der Waals surface area (Å²) in [6, 6.07) is 11.3. The van der Waals surface area contributed by atoms with Crippen LogP contribution in [0, 0.1) is 6.92 Å². The van der Waals surface area contributed by atoms with Gasteiger partial charge in [0.05, 0.1) is 6.04 Å². The van der Waals surface area contributed by atoms with E-state index in [4.69, 9.17) is 0 Å². The molecule has 1 aromatic carbocycles. The van der Waals surface area contributed by atoms with Gasteiger partial charge in [-0.1, -0.05) is 38.1 Å². The summed E-state index contributed by atoms with van der Waals surface area (Å²) in [5.74, 6) is 0.557. The highest BCUT2D eigenvalue weighted by atomic mass is 15.0. The topological polar surface area (TPSA) is 24.9 Å². The van der Waals surface area contributed by atoms with Crippen LogP contribution in [0.1, 0.15) is 48.2 Å². The highest BCUT2D eigenvalue weighted by Gasteiger charge is 2.24. The van der Waals surface area contributed by atoms with Crippen molar-refractivity contribution in [1.82, 2.24) is 4.98 Å². The van der Waals surface area contributed by atoms with Crippen molar-refractivity contribution in [2.75, 3.05) is 5.32 Å². The van der Waals surface area contributed by atoms with Crippen molar-refractivity contribution in [2.24, 2.45) is 0 Å². The largest absolute Gasteiger partial charge is 0.378 e. The Hall–Kier alpha value is -1.83. The molecule has 1 aromatic heterocycles. The molecule has 2 heteroatoms. The summed E-state index contributed by atoms with van der Waals surface area (Å²) in [7, 11) is 0. The van der Waals surface area contributed by atoms with Crippen molar-refractivity contribution in [2.45, 2.75) is 39.2 Å². The lowest BCUT2D eigenvalue weighted by atomic mass is 9.92. The predicted molar refractivity (Wildman–Crippen MR) is 79.6 cm³/mol. The zero-order valence-electron chi connectivity index (χ0n) is 11.8. The molecule has 3 rings (SSSR count). The number of rotatable bonds is 2. The number of aryl methyl sites for hydroxylation is 1. The molecule has 2 heterocycles. The molecule has 1 N–H and O–H groups in total. The van der Waals surface area contributed by atoms with E-state index in [1.165, 1.54) is 22.4 Å². The van der Waals surface area contributed by atoms with Crippen molar-refractivity contribution in [1.29, 1.82) is 0 Å². The maximum absolute atomic E-state index is 4.40. The van der Waals surface area contributed by atoms with Gasteiger partial charge in [-0.05, 0) is 35.6 Å². The molecule has 0 saturated heterocycles. The van der Waals surface area contributed by atoms with Gasteiger partial charge in [0.15, 0.2) is 0 Å². The standard InChI is InChI=1S/C17H20N2/c1-11(2)14-6-4-5-7-15(14)17-9-13-10-18-12(3)8-16(13)19-17/h4-8,10-11,17,19H,9H2,1-3H3. The molecule has 1 unspecified atom stereocenters. The monoisotopic (exact) mass is 252 g/mol. The lowest BCUT2D eigenvalue weighted by molar-refractivity contribution is 0.770. The Kier molecular flexibility index (Phi) is 3.02. The maximum atomic E-state index is 4.40. The average molecular weight is 252 g/mol. The molecule has 0 amide bonds. The van der Waals surface area contributed by atoms with E-state index in [0.29, 0.717) is 12.0 Å². The molecule has 98 valence electrons. The molecular formula is C17H20N2. The molecule has 1 atom stereocenters. The number of benzene rings is 1.